The average Bonchev–Trinajstić information content (AvgIpc) is 2.88. The Morgan fingerprint density at radius 2 is 2.00 bits per heavy atom. The topological polar surface area (TPSA) is 46.1 Å². The largest absolute Gasteiger partial charge is 0.312 e. The summed E-state index contributed by atoms with van der Waals surface area (Å²) in [5.74, 6) is 1.72. The molecule has 0 aliphatic carbocycles. The number of rotatable bonds is 4. The second kappa shape index (κ2) is 6.49. The van der Waals surface area contributed by atoms with E-state index >= 15 is 0 Å². The van der Waals surface area contributed by atoms with Gasteiger partial charge in [-0.3, -0.25) is 4.79 Å². The molecular formula is C19H23N3O. The van der Waals surface area contributed by atoms with Crippen molar-refractivity contribution in [2.75, 3.05) is 11.4 Å². The molecule has 4 nitrogen and oxygen atoms in total. The monoisotopic (exact) mass is 309 g/mol. The number of anilines is 1. The van der Waals surface area contributed by atoms with Crippen molar-refractivity contribution in [3.63, 3.8) is 0 Å². The number of hydrogen-bond donors (Lipinski definition) is 0. The molecule has 1 aromatic carbocycles. The van der Waals surface area contributed by atoms with Crippen LogP contribution in [-0.2, 0) is 11.2 Å². The summed E-state index contributed by atoms with van der Waals surface area (Å²) < 4.78 is 0. The van der Waals surface area contributed by atoms with Gasteiger partial charge in [0.2, 0.25) is 5.91 Å². The van der Waals surface area contributed by atoms with Crippen molar-refractivity contribution in [1.82, 2.24) is 9.97 Å². The number of aromatic nitrogens is 2. The van der Waals surface area contributed by atoms with Gasteiger partial charge < -0.3 is 4.90 Å². The Hall–Kier alpha value is -2.23. The molecule has 1 aromatic heterocycles. The molecule has 23 heavy (non-hydrogen) atoms. The Balaban J connectivity index is 1.78. The van der Waals surface area contributed by atoms with Crippen LogP contribution in [0, 0.1) is 12.8 Å². The lowest BCUT2D eigenvalue weighted by Crippen LogP contribution is -2.24. The summed E-state index contributed by atoms with van der Waals surface area (Å²) >= 11 is 0. The van der Waals surface area contributed by atoms with E-state index in [2.05, 4.69) is 23.8 Å². The summed E-state index contributed by atoms with van der Waals surface area (Å²) in [6.45, 7) is 7.01. The molecule has 2 heterocycles. The average molecular weight is 309 g/mol. The molecule has 0 radical (unpaired) electrons. The zero-order chi connectivity index (χ0) is 16.4. The lowest BCUT2D eigenvalue weighted by atomic mass is 9.95. The standard InChI is InChI=1S/C19H23N3O/c1-13(2)17-11-20-14(3)21-18(17)9-15-10-19(23)22(12-15)16-7-5-4-6-8-16/h4-8,11,13,15H,9-10,12H2,1-3H3/t15-/m1/s1. The van der Waals surface area contributed by atoms with E-state index in [1.165, 1.54) is 5.56 Å². The van der Waals surface area contributed by atoms with E-state index in [4.69, 9.17) is 0 Å². The zero-order valence-corrected chi connectivity index (χ0v) is 14.0. The minimum absolute atomic E-state index is 0.207. The number of carbonyl (C=O) groups is 1. The van der Waals surface area contributed by atoms with Crippen LogP contribution in [0.3, 0.4) is 0 Å². The first kappa shape index (κ1) is 15.7. The zero-order valence-electron chi connectivity index (χ0n) is 14.0. The molecule has 1 saturated heterocycles. The van der Waals surface area contributed by atoms with Gasteiger partial charge in [-0.05, 0) is 42.9 Å². The van der Waals surface area contributed by atoms with Crippen LogP contribution in [0.1, 0.15) is 43.3 Å². The molecule has 2 aromatic rings. The van der Waals surface area contributed by atoms with Gasteiger partial charge in [-0.1, -0.05) is 32.0 Å². The van der Waals surface area contributed by atoms with E-state index in [9.17, 15) is 4.79 Å². The Bertz CT molecular complexity index is 697. The van der Waals surface area contributed by atoms with Crippen LogP contribution >= 0.6 is 0 Å². The minimum atomic E-state index is 0.207. The van der Waals surface area contributed by atoms with Crippen LogP contribution in [0.25, 0.3) is 0 Å². The summed E-state index contributed by atoms with van der Waals surface area (Å²) in [4.78, 5) is 23.2. The van der Waals surface area contributed by atoms with Crippen molar-refractivity contribution in [2.24, 2.45) is 5.92 Å². The van der Waals surface area contributed by atoms with Gasteiger partial charge in [-0.2, -0.15) is 0 Å². The first-order chi connectivity index (χ1) is 11.0. The Morgan fingerprint density at radius 3 is 2.70 bits per heavy atom. The fourth-order valence-electron chi connectivity index (χ4n) is 3.22. The molecule has 3 rings (SSSR count). The molecule has 0 spiro atoms. The highest BCUT2D eigenvalue weighted by molar-refractivity contribution is 5.95. The first-order valence-corrected chi connectivity index (χ1v) is 8.22. The molecule has 0 bridgehead atoms. The summed E-state index contributed by atoms with van der Waals surface area (Å²) in [7, 11) is 0. The molecule has 1 fully saturated rings. The van der Waals surface area contributed by atoms with Gasteiger partial charge in [0.15, 0.2) is 0 Å². The second-order valence-electron chi connectivity index (χ2n) is 6.59. The van der Waals surface area contributed by atoms with E-state index in [1.807, 2.05) is 48.4 Å². The summed E-state index contributed by atoms with van der Waals surface area (Å²) in [6, 6.07) is 9.91. The molecule has 0 N–H and O–H groups in total. The van der Waals surface area contributed by atoms with Crippen molar-refractivity contribution in [1.29, 1.82) is 0 Å². The predicted molar refractivity (Wildman–Crippen MR) is 91.5 cm³/mol. The minimum Gasteiger partial charge on any atom is -0.312 e. The van der Waals surface area contributed by atoms with Crippen molar-refractivity contribution >= 4 is 11.6 Å². The van der Waals surface area contributed by atoms with Crippen LogP contribution in [-0.4, -0.2) is 22.4 Å². The normalized spacial score (nSPS) is 18.0. The van der Waals surface area contributed by atoms with Crippen LogP contribution in [0.15, 0.2) is 36.5 Å². The molecular weight excluding hydrogens is 286 g/mol. The number of para-hydroxylation sites is 1. The van der Waals surface area contributed by atoms with Crippen molar-refractivity contribution in [3.8, 4) is 0 Å². The number of carbonyl (C=O) groups excluding carboxylic acids is 1. The fourth-order valence-corrected chi connectivity index (χ4v) is 3.22. The molecule has 4 heteroatoms. The predicted octanol–water partition coefficient (Wildman–Crippen LogP) is 3.50. The molecule has 0 unspecified atom stereocenters. The van der Waals surface area contributed by atoms with Crippen LogP contribution in [0.2, 0.25) is 0 Å². The summed E-state index contributed by atoms with van der Waals surface area (Å²) in [6.07, 6.45) is 3.37. The van der Waals surface area contributed by atoms with Gasteiger partial charge in [0, 0.05) is 30.5 Å². The van der Waals surface area contributed by atoms with Crippen LogP contribution < -0.4 is 4.90 Å². The van der Waals surface area contributed by atoms with E-state index in [0.717, 1.165) is 30.2 Å². The first-order valence-electron chi connectivity index (χ1n) is 8.22. The molecule has 1 atom stereocenters. The highest BCUT2D eigenvalue weighted by atomic mass is 16.2. The third-order valence-corrected chi connectivity index (χ3v) is 4.40. The van der Waals surface area contributed by atoms with Gasteiger partial charge >= 0.3 is 0 Å². The molecule has 0 saturated carbocycles. The van der Waals surface area contributed by atoms with E-state index in [1.54, 1.807) is 0 Å². The van der Waals surface area contributed by atoms with Crippen LogP contribution in [0.4, 0.5) is 5.69 Å². The van der Waals surface area contributed by atoms with Gasteiger partial charge in [0.25, 0.3) is 0 Å². The lowest BCUT2D eigenvalue weighted by Gasteiger charge is -2.18. The number of hydrogen-bond acceptors (Lipinski definition) is 3. The third-order valence-electron chi connectivity index (χ3n) is 4.40. The number of aryl methyl sites for hydroxylation is 1. The molecule has 120 valence electrons. The Labute approximate surface area is 137 Å². The third kappa shape index (κ3) is 3.41. The quantitative estimate of drug-likeness (QED) is 0.868. The smallest absolute Gasteiger partial charge is 0.227 e. The number of benzene rings is 1. The maximum Gasteiger partial charge on any atom is 0.227 e. The van der Waals surface area contributed by atoms with E-state index < -0.39 is 0 Å². The van der Waals surface area contributed by atoms with Gasteiger partial charge in [-0.15, -0.1) is 0 Å². The van der Waals surface area contributed by atoms with Crippen molar-refractivity contribution in [2.45, 2.75) is 39.5 Å². The van der Waals surface area contributed by atoms with Crippen molar-refractivity contribution in [3.05, 3.63) is 53.6 Å². The molecule has 1 amide bonds. The Kier molecular flexibility index (Phi) is 4.42. The Morgan fingerprint density at radius 1 is 1.26 bits per heavy atom. The highest BCUT2D eigenvalue weighted by Gasteiger charge is 2.31. The second-order valence-corrected chi connectivity index (χ2v) is 6.59. The van der Waals surface area contributed by atoms with E-state index in [-0.39, 0.29) is 5.91 Å². The van der Waals surface area contributed by atoms with Gasteiger partial charge in [0.1, 0.15) is 5.82 Å². The molecule has 1 aliphatic rings. The fraction of sp³-hybridized carbons (Fsp3) is 0.421. The SMILES string of the molecule is Cc1ncc(C(C)C)c(C[C@@H]2CC(=O)N(c3ccccc3)C2)n1. The maximum atomic E-state index is 12.4. The van der Waals surface area contributed by atoms with Crippen molar-refractivity contribution < 1.29 is 4.79 Å². The highest BCUT2D eigenvalue weighted by Crippen LogP contribution is 2.28. The lowest BCUT2D eigenvalue weighted by molar-refractivity contribution is -0.117. The maximum absolute atomic E-state index is 12.4. The summed E-state index contributed by atoms with van der Waals surface area (Å²) in [5.41, 5.74) is 3.28. The summed E-state index contributed by atoms with van der Waals surface area (Å²) in [5, 5.41) is 0. The van der Waals surface area contributed by atoms with Gasteiger partial charge in [-0.25, -0.2) is 9.97 Å². The number of nitrogens with zero attached hydrogens (tertiary/aromatic N) is 3. The number of amides is 1. The van der Waals surface area contributed by atoms with Gasteiger partial charge in [0.05, 0.1) is 0 Å². The molecule has 1 aliphatic heterocycles. The van der Waals surface area contributed by atoms with E-state index in [0.29, 0.717) is 18.3 Å². The van der Waals surface area contributed by atoms with Crippen LogP contribution in [0.5, 0.6) is 0 Å².